The number of hydrogen-bond acceptors (Lipinski definition) is 2. The van der Waals surface area contributed by atoms with E-state index in [0.717, 1.165) is 12.0 Å². The first-order valence-electron chi connectivity index (χ1n) is 5.90. The molecule has 3 N–H and O–H groups in total. The maximum absolute atomic E-state index is 13.8. The van der Waals surface area contributed by atoms with Crippen LogP contribution in [0.3, 0.4) is 0 Å². The summed E-state index contributed by atoms with van der Waals surface area (Å²) in [5.41, 5.74) is 7.87. The molecule has 1 heterocycles. The number of nitrogens with two attached hydrogens (primary N) is 1. The molecule has 1 aromatic carbocycles. The zero-order chi connectivity index (χ0) is 12.6. The van der Waals surface area contributed by atoms with Crippen molar-refractivity contribution >= 4 is 11.6 Å². The SMILES string of the molecule is CCC(C)C(N)c1cc(F)c2c(c1)CC(=O)N2. The fourth-order valence-corrected chi connectivity index (χ4v) is 2.10. The molecule has 1 aliphatic heterocycles. The van der Waals surface area contributed by atoms with Crippen LogP contribution in [0.2, 0.25) is 0 Å². The molecule has 0 saturated carbocycles. The predicted octanol–water partition coefficient (Wildman–Crippen LogP) is 2.37. The second-order valence-corrected chi connectivity index (χ2v) is 4.67. The van der Waals surface area contributed by atoms with Gasteiger partial charge in [-0.1, -0.05) is 26.3 Å². The van der Waals surface area contributed by atoms with E-state index in [9.17, 15) is 9.18 Å². The topological polar surface area (TPSA) is 55.1 Å². The molecular formula is C13H17FN2O. The zero-order valence-electron chi connectivity index (χ0n) is 10.1. The van der Waals surface area contributed by atoms with Gasteiger partial charge in [-0.15, -0.1) is 0 Å². The Morgan fingerprint density at radius 3 is 2.88 bits per heavy atom. The number of benzene rings is 1. The number of halogens is 1. The lowest BCUT2D eigenvalue weighted by Crippen LogP contribution is -2.18. The van der Waals surface area contributed by atoms with E-state index < -0.39 is 0 Å². The highest BCUT2D eigenvalue weighted by atomic mass is 19.1. The van der Waals surface area contributed by atoms with Gasteiger partial charge in [-0.2, -0.15) is 0 Å². The number of rotatable bonds is 3. The third-order valence-electron chi connectivity index (χ3n) is 3.45. The van der Waals surface area contributed by atoms with Crippen molar-refractivity contribution in [1.82, 2.24) is 0 Å². The summed E-state index contributed by atoms with van der Waals surface area (Å²) in [5.74, 6) is -0.257. The molecule has 0 bridgehead atoms. The summed E-state index contributed by atoms with van der Waals surface area (Å²) in [7, 11) is 0. The number of hydrogen-bond donors (Lipinski definition) is 2. The van der Waals surface area contributed by atoms with Gasteiger partial charge in [0.15, 0.2) is 0 Å². The lowest BCUT2D eigenvalue weighted by Gasteiger charge is -2.19. The maximum atomic E-state index is 13.8. The van der Waals surface area contributed by atoms with E-state index in [1.165, 1.54) is 6.07 Å². The molecular weight excluding hydrogens is 219 g/mol. The standard InChI is InChI=1S/C13H17FN2O/c1-3-7(2)12(15)8-4-9-6-11(17)16-13(9)10(14)5-8/h4-5,7,12H,3,6,15H2,1-2H3,(H,16,17). The van der Waals surface area contributed by atoms with Crippen molar-refractivity contribution in [2.75, 3.05) is 5.32 Å². The Kier molecular flexibility index (Phi) is 3.15. The normalized spacial score (nSPS) is 17.5. The van der Waals surface area contributed by atoms with Crippen LogP contribution in [0.5, 0.6) is 0 Å². The number of anilines is 1. The number of carbonyl (C=O) groups excluding carboxylic acids is 1. The summed E-state index contributed by atoms with van der Waals surface area (Å²) in [5, 5.41) is 2.52. The van der Waals surface area contributed by atoms with Crippen molar-refractivity contribution < 1.29 is 9.18 Å². The molecule has 92 valence electrons. The predicted molar refractivity (Wildman–Crippen MR) is 65.1 cm³/mol. The molecule has 4 heteroatoms. The Labute approximate surface area is 100 Å². The maximum Gasteiger partial charge on any atom is 0.228 e. The molecule has 17 heavy (non-hydrogen) atoms. The van der Waals surface area contributed by atoms with Gasteiger partial charge in [0.05, 0.1) is 12.1 Å². The fourth-order valence-electron chi connectivity index (χ4n) is 2.10. The second-order valence-electron chi connectivity index (χ2n) is 4.67. The molecule has 2 rings (SSSR count). The van der Waals surface area contributed by atoms with Gasteiger partial charge < -0.3 is 11.1 Å². The lowest BCUT2D eigenvalue weighted by atomic mass is 9.92. The zero-order valence-corrected chi connectivity index (χ0v) is 10.1. The highest BCUT2D eigenvalue weighted by Crippen LogP contribution is 2.31. The van der Waals surface area contributed by atoms with E-state index in [-0.39, 0.29) is 30.1 Å². The van der Waals surface area contributed by atoms with Crippen LogP contribution in [-0.4, -0.2) is 5.91 Å². The second kappa shape index (κ2) is 4.45. The Morgan fingerprint density at radius 2 is 2.24 bits per heavy atom. The van der Waals surface area contributed by atoms with E-state index in [1.54, 1.807) is 0 Å². The average Bonchev–Trinajstić information content (AvgIpc) is 2.68. The van der Waals surface area contributed by atoms with Crippen molar-refractivity contribution in [2.45, 2.75) is 32.7 Å². The van der Waals surface area contributed by atoms with Crippen molar-refractivity contribution in [3.63, 3.8) is 0 Å². The molecule has 0 spiro atoms. The van der Waals surface area contributed by atoms with Crippen LogP contribution in [0.15, 0.2) is 12.1 Å². The highest BCUT2D eigenvalue weighted by molar-refractivity contribution is 5.99. The van der Waals surface area contributed by atoms with Crippen molar-refractivity contribution in [3.8, 4) is 0 Å². The first-order valence-corrected chi connectivity index (χ1v) is 5.90. The molecule has 1 aromatic rings. The van der Waals surface area contributed by atoms with Crippen LogP contribution < -0.4 is 11.1 Å². The molecule has 0 aromatic heterocycles. The van der Waals surface area contributed by atoms with Gasteiger partial charge in [0, 0.05) is 6.04 Å². The van der Waals surface area contributed by atoms with Gasteiger partial charge in [0.1, 0.15) is 5.82 Å². The molecule has 2 unspecified atom stereocenters. The molecule has 0 radical (unpaired) electrons. The molecule has 0 fully saturated rings. The van der Waals surface area contributed by atoms with Crippen molar-refractivity contribution in [2.24, 2.45) is 11.7 Å². The Morgan fingerprint density at radius 1 is 1.53 bits per heavy atom. The Bertz CT molecular complexity index is 459. The van der Waals surface area contributed by atoms with Gasteiger partial charge in [0.2, 0.25) is 5.91 Å². The van der Waals surface area contributed by atoms with Crippen molar-refractivity contribution in [3.05, 3.63) is 29.1 Å². The van der Waals surface area contributed by atoms with Crippen LogP contribution in [0.1, 0.15) is 37.4 Å². The van der Waals surface area contributed by atoms with Crippen LogP contribution in [0.4, 0.5) is 10.1 Å². The summed E-state index contributed by atoms with van der Waals surface area (Å²) in [6.45, 7) is 4.10. The molecule has 1 aliphatic rings. The van der Waals surface area contributed by atoms with E-state index in [2.05, 4.69) is 12.2 Å². The highest BCUT2D eigenvalue weighted by Gasteiger charge is 2.24. The quantitative estimate of drug-likeness (QED) is 0.846. The summed E-state index contributed by atoms with van der Waals surface area (Å²) in [4.78, 5) is 11.2. The van der Waals surface area contributed by atoms with Gasteiger partial charge in [-0.3, -0.25) is 4.79 Å². The number of amides is 1. The molecule has 0 saturated heterocycles. The Hall–Kier alpha value is -1.42. The van der Waals surface area contributed by atoms with Crippen LogP contribution in [0, 0.1) is 11.7 Å². The van der Waals surface area contributed by atoms with E-state index in [1.807, 2.05) is 13.0 Å². The lowest BCUT2D eigenvalue weighted by molar-refractivity contribution is -0.115. The number of fused-ring (bicyclic) bond motifs is 1. The number of nitrogens with one attached hydrogen (secondary N) is 1. The van der Waals surface area contributed by atoms with Crippen LogP contribution in [-0.2, 0) is 11.2 Å². The van der Waals surface area contributed by atoms with Gasteiger partial charge in [0.25, 0.3) is 0 Å². The van der Waals surface area contributed by atoms with Crippen LogP contribution >= 0.6 is 0 Å². The summed E-state index contributed by atoms with van der Waals surface area (Å²) >= 11 is 0. The molecule has 0 aliphatic carbocycles. The largest absolute Gasteiger partial charge is 0.324 e. The van der Waals surface area contributed by atoms with Crippen molar-refractivity contribution in [1.29, 1.82) is 0 Å². The summed E-state index contributed by atoms with van der Waals surface area (Å²) in [6, 6.07) is 3.09. The molecule has 3 nitrogen and oxygen atoms in total. The van der Waals surface area contributed by atoms with Crippen LogP contribution in [0.25, 0.3) is 0 Å². The summed E-state index contributed by atoms with van der Waals surface area (Å²) in [6.07, 6.45) is 1.18. The summed E-state index contributed by atoms with van der Waals surface area (Å²) < 4.78 is 13.8. The van der Waals surface area contributed by atoms with E-state index in [0.29, 0.717) is 11.3 Å². The fraction of sp³-hybridized carbons (Fsp3) is 0.462. The minimum absolute atomic E-state index is 0.159. The van der Waals surface area contributed by atoms with E-state index in [4.69, 9.17) is 5.73 Å². The van der Waals surface area contributed by atoms with E-state index >= 15 is 0 Å². The van der Waals surface area contributed by atoms with Gasteiger partial charge in [-0.05, 0) is 23.1 Å². The monoisotopic (exact) mass is 236 g/mol. The van der Waals surface area contributed by atoms with Gasteiger partial charge >= 0.3 is 0 Å². The number of carbonyl (C=O) groups is 1. The average molecular weight is 236 g/mol. The minimum Gasteiger partial charge on any atom is -0.324 e. The first-order chi connectivity index (χ1) is 8.02. The van der Waals surface area contributed by atoms with Gasteiger partial charge in [-0.25, -0.2) is 4.39 Å². The third-order valence-corrected chi connectivity index (χ3v) is 3.45. The molecule has 1 amide bonds. The third kappa shape index (κ3) is 2.17. The first kappa shape index (κ1) is 12.0. The molecule has 2 atom stereocenters. The smallest absolute Gasteiger partial charge is 0.228 e. The minimum atomic E-state index is -0.387. The Balaban J connectivity index is 2.36.